The Morgan fingerprint density at radius 1 is 1.06 bits per heavy atom. The average molecular weight is 417 g/mol. The molecule has 0 aliphatic rings. The number of amides is 1. The molecule has 1 aromatic heterocycles. The molecule has 0 aliphatic heterocycles. The summed E-state index contributed by atoms with van der Waals surface area (Å²) >= 11 is 0. The summed E-state index contributed by atoms with van der Waals surface area (Å²) in [5.74, 6) is 0.442. The minimum atomic E-state index is -0.174. The van der Waals surface area contributed by atoms with Crippen LogP contribution >= 0.6 is 0 Å². The van der Waals surface area contributed by atoms with E-state index in [1.165, 1.54) is 0 Å². The maximum absolute atomic E-state index is 12.7. The van der Waals surface area contributed by atoms with Gasteiger partial charge in [-0.1, -0.05) is 42.5 Å². The highest BCUT2D eigenvalue weighted by atomic mass is 16.5. The van der Waals surface area contributed by atoms with Gasteiger partial charge in [-0.15, -0.1) is 0 Å². The lowest BCUT2D eigenvalue weighted by Crippen LogP contribution is -3.12. The standard InChI is InChI=1S/C24H24N4O3/c1-31-13-12-28(15-22-26-21-9-5-4-8-20(21)24(30)27-22)16-23(29)25-19-11-10-17-6-2-3-7-18(17)14-19/h2-11,14H,12-13,15-16H2,1H3,(H,25,29)(H,26,27,30)/p+1. The Balaban J connectivity index is 1.48. The van der Waals surface area contributed by atoms with Gasteiger partial charge in [0.15, 0.2) is 12.4 Å². The van der Waals surface area contributed by atoms with E-state index in [0.29, 0.717) is 36.4 Å². The molecule has 0 fully saturated rings. The van der Waals surface area contributed by atoms with Crippen LogP contribution in [0.5, 0.6) is 0 Å². The number of anilines is 1. The molecule has 1 amide bonds. The fourth-order valence-corrected chi connectivity index (χ4v) is 3.64. The highest BCUT2D eigenvalue weighted by Crippen LogP contribution is 2.18. The summed E-state index contributed by atoms with van der Waals surface area (Å²) in [5, 5.41) is 5.72. The van der Waals surface area contributed by atoms with Gasteiger partial charge in [0.25, 0.3) is 11.5 Å². The number of benzene rings is 3. The second kappa shape index (κ2) is 9.51. The SMILES string of the molecule is COCC[NH+](CC(=O)Nc1ccc2ccccc2c1)Cc1nc2ccccc2c(=O)[nH]1. The van der Waals surface area contributed by atoms with Crippen molar-refractivity contribution in [2.45, 2.75) is 6.54 Å². The molecule has 0 radical (unpaired) electrons. The van der Waals surface area contributed by atoms with Crippen molar-refractivity contribution in [1.82, 2.24) is 9.97 Å². The van der Waals surface area contributed by atoms with Crippen molar-refractivity contribution in [3.63, 3.8) is 0 Å². The van der Waals surface area contributed by atoms with Crippen LogP contribution in [0.3, 0.4) is 0 Å². The molecule has 0 saturated carbocycles. The normalized spacial score (nSPS) is 12.2. The third kappa shape index (κ3) is 5.14. The number of carbonyl (C=O) groups excluding carboxylic acids is 1. The summed E-state index contributed by atoms with van der Waals surface area (Å²) in [6.07, 6.45) is 0. The summed E-state index contributed by atoms with van der Waals surface area (Å²) < 4.78 is 5.21. The second-order valence-corrected chi connectivity index (χ2v) is 7.49. The van der Waals surface area contributed by atoms with Gasteiger partial charge in [0, 0.05) is 12.8 Å². The maximum Gasteiger partial charge on any atom is 0.279 e. The number of quaternary nitrogens is 1. The topological polar surface area (TPSA) is 88.5 Å². The van der Waals surface area contributed by atoms with Gasteiger partial charge < -0.3 is 19.9 Å². The number of para-hydroxylation sites is 1. The molecule has 7 nitrogen and oxygen atoms in total. The fourth-order valence-electron chi connectivity index (χ4n) is 3.64. The number of H-pyrrole nitrogens is 1. The predicted molar refractivity (Wildman–Crippen MR) is 121 cm³/mol. The van der Waals surface area contributed by atoms with Crippen molar-refractivity contribution in [1.29, 1.82) is 0 Å². The van der Waals surface area contributed by atoms with Gasteiger partial charge in [-0.25, -0.2) is 4.98 Å². The van der Waals surface area contributed by atoms with E-state index in [1.807, 2.05) is 60.7 Å². The number of rotatable bonds is 8. The minimum absolute atomic E-state index is 0.107. The van der Waals surface area contributed by atoms with Crippen LogP contribution in [0.1, 0.15) is 5.82 Å². The molecule has 0 bridgehead atoms. The van der Waals surface area contributed by atoms with E-state index in [-0.39, 0.29) is 18.0 Å². The van der Waals surface area contributed by atoms with E-state index in [1.54, 1.807) is 13.2 Å². The number of hydrogen-bond donors (Lipinski definition) is 3. The largest absolute Gasteiger partial charge is 0.379 e. The van der Waals surface area contributed by atoms with Gasteiger partial charge in [-0.3, -0.25) is 9.59 Å². The smallest absolute Gasteiger partial charge is 0.279 e. The van der Waals surface area contributed by atoms with Gasteiger partial charge in [0.05, 0.1) is 17.5 Å². The van der Waals surface area contributed by atoms with E-state index in [4.69, 9.17) is 4.74 Å². The quantitative estimate of drug-likeness (QED) is 0.408. The molecular formula is C24H25N4O3+. The first-order chi connectivity index (χ1) is 15.1. The molecule has 1 unspecified atom stereocenters. The van der Waals surface area contributed by atoms with Crippen molar-refractivity contribution in [3.8, 4) is 0 Å². The highest BCUT2D eigenvalue weighted by molar-refractivity contribution is 5.94. The first-order valence-electron chi connectivity index (χ1n) is 10.2. The molecular weight excluding hydrogens is 392 g/mol. The van der Waals surface area contributed by atoms with E-state index in [0.717, 1.165) is 21.4 Å². The summed E-state index contributed by atoms with van der Waals surface area (Å²) in [6.45, 7) is 1.75. The van der Waals surface area contributed by atoms with Crippen molar-refractivity contribution in [3.05, 3.63) is 82.9 Å². The second-order valence-electron chi connectivity index (χ2n) is 7.49. The van der Waals surface area contributed by atoms with E-state index < -0.39 is 0 Å². The van der Waals surface area contributed by atoms with Crippen LogP contribution in [0.2, 0.25) is 0 Å². The molecule has 7 heteroatoms. The highest BCUT2D eigenvalue weighted by Gasteiger charge is 2.17. The zero-order valence-corrected chi connectivity index (χ0v) is 17.4. The first-order valence-corrected chi connectivity index (χ1v) is 10.2. The van der Waals surface area contributed by atoms with Crippen LogP contribution in [-0.2, 0) is 16.1 Å². The molecule has 1 atom stereocenters. The Kier molecular flexibility index (Phi) is 6.35. The Hall–Kier alpha value is -3.55. The van der Waals surface area contributed by atoms with Crippen LogP contribution in [0.4, 0.5) is 5.69 Å². The molecule has 3 N–H and O–H groups in total. The third-order valence-electron chi connectivity index (χ3n) is 5.18. The number of carbonyl (C=O) groups is 1. The van der Waals surface area contributed by atoms with Gasteiger partial charge in [0.1, 0.15) is 13.1 Å². The van der Waals surface area contributed by atoms with Gasteiger partial charge in [-0.05, 0) is 35.0 Å². The molecule has 4 aromatic rings. The lowest BCUT2D eigenvalue weighted by atomic mass is 10.1. The zero-order valence-electron chi connectivity index (χ0n) is 17.4. The molecule has 4 rings (SSSR count). The van der Waals surface area contributed by atoms with Gasteiger partial charge in [-0.2, -0.15) is 0 Å². The third-order valence-corrected chi connectivity index (χ3v) is 5.18. The number of methoxy groups -OCH3 is 1. The van der Waals surface area contributed by atoms with Crippen LogP contribution < -0.4 is 15.8 Å². The Morgan fingerprint density at radius 3 is 2.68 bits per heavy atom. The van der Waals surface area contributed by atoms with Gasteiger partial charge in [0.2, 0.25) is 0 Å². The number of aromatic nitrogens is 2. The number of ether oxygens (including phenoxy) is 1. The molecule has 0 spiro atoms. The van der Waals surface area contributed by atoms with Crippen LogP contribution in [-0.4, -0.2) is 42.7 Å². The summed E-state index contributed by atoms with van der Waals surface area (Å²) in [7, 11) is 1.63. The lowest BCUT2D eigenvalue weighted by Gasteiger charge is -2.18. The Bertz CT molecular complexity index is 1270. The van der Waals surface area contributed by atoms with Crippen molar-refractivity contribution < 1.29 is 14.4 Å². The first kappa shape index (κ1) is 20.7. The summed E-state index contributed by atoms with van der Waals surface area (Å²) in [6, 6.07) is 21.1. The van der Waals surface area contributed by atoms with E-state index >= 15 is 0 Å². The molecule has 3 aromatic carbocycles. The average Bonchev–Trinajstić information content (AvgIpc) is 2.77. The number of fused-ring (bicyclic) bond motifs is 2. The number of hydrogen-bond acceptors (Lipinski definition) is 4. The zero-order chi connectivity index (χ0) is 21.6. The number of aromatic amines is 1. The molecule has 0 aliphatic carbocycles. The van der Waals surface area contributed by atoms with E-state index in [9.17, 15) is 9.59 Å². The maximum atomic E-state index is 12.7. The predicted octanol–water partition coefficient (Wildman–Crippen LogP) is 1.75. The minimum Gasteiger partial charge on any atom is -0.379 e. The van der Waals surface area contributed by atoms with Crippen LogP contribution in [0.25, 0.3) is 21.7 Å². The van der Waals surface area contributed by atoms with Crippen molar-refractivity contribution in [2.24, 2.45) is 0 Å². The fraction of sp³-hybridized carbons (Fsp3) is 0.208. The van der Waals surface area contributed by atoms with Crippen molar-refractivity contribution in [2.75, 3.05) is 32.1 Å². The number of nitrogens with zero attached hydrogens (tertiary/aromatic N) is 1. The van der Waals surface area contributed by atoms with Gasteiger partial charge >= 0.3 is 0 Å². The Morgan fingerprint density at radius 2 is 1.84 bits per heavy atom. The van der Waals surface area contributed by atoms with E-state index in [2.05, 4.69) is 15.3 Å². The summed E-state index contributed by atoms with van der Waals surface area (Å²) in [4.78, 5) is 33.4. The molecule has 31 heavy (non-hydrogen) atoms. The number of nitrogens with one attached hydrogen (secondary N) is 3. The van der Waals surface area contributed by atoms with Crippen molar-refractivity contribution >= 4 is 33.3 Å². The summed E-state index contributed by atoms with van der Waals surface area (Å²) in [5.41, 5.74) is 1.23. The van der Waals surface area contributed by atoms with Crippen LogP contribution in [0.15, 0.2) is 71.5 Å². The molecule has 158 valence electrons. The van der Waals surface area contributed by atoms with Crippen LogP contribution in [0, 0.1) is 0 Å². The molecule has 1 heterocycles. The Labute approximate surface area is 179 Å². The monoisotopic (exact) mass is 417 g/mol. The molecule has 0 saturated heterocycles. The lowest BCUT2D eigenvalue weighted by molar-refractivity contribution is -0.906.